The second-order valence-corrected chi connectivity index (χ2v) is 30.2. The first-order valence-electron chi connectivity index (χ1n) is 26.6. The normalized spacial score (nSPS) is 13.4. The Balaban J connectivity index is 0.000000245. The number of hydrogen-bond donors (Lipinski definition) is 0. The number of carbonyl (C=O) groups excluding carboxylic acids is 5. The zero-order valence-electron chi connectivity index (χ0n) is 45.5. The molecule has 2 heterocycles. The summed E-state index contributed by atoms with van der Waals surface area (Å²) >= 11 is 0. The summed E-state index contributed by atoms with van der Waals surface area (Å²) in [6, 6.07) is 48.0. The van der Waals surface area contributed by atoms with Crippen molar-refractivity contribution in [2.24, 2.45) is 0 Å². The number of unbranched alkanes of at least 4 members (excludes halogenated alkanes) is 2. The fourth-order valence-electron chi connectivity index (χ4n) is 7.63. The summed E-state index contributed by atoms with van der Waals surface area (Å²) in [5.74, 6) is 14.5. The molecule has 0 atom stereocenters. The second-order valence-electron chi connectivity index (χ2n) is 18.3. The molecular weight excluding hydrogens is 1010 g/mol. The molecule has 0 aliphatic carbocycles. The molecule has 5 aromatic rings. The van der Waals surface area contributed by atoms with Gasteiger partial charge in [-0.15, -0.1) is 0 Å². The summed E-state index contributed by atoms with van der Waals surface area (Å²) < 4.78 is 5.28. The summed E-state index contributed by atoms with van der Waals surface area (Å²) in [6.45, 7) is 10.4. The van der Waals surface area contributed by atoms with Crippen molar-refractivity contribution in [3.8, 4) is 0 Å². The van der Waals surface area contributed by atoms with Crippen LogP contribution in [0.2, 0.25) is 0 Å². The molecule has 2 aliphatic heterocycles. The van der Waals surface area contributed by atoms with Gasteiger partial charge < -0.3 is 4.74 Å². The molecular formula is C63H87O6S5+5. The molecule has 400 valence electrons. The Morgan fingerprint density at radius 2 is 0.716 bits per heavy atom. The van der Waals surface area contributed by atoms with Gasteiger partial charge in [0.2, 0.25) is 28.9 Å². The lowest BCUT2D eigenvalue weighted by Crippen LogP contribution is -2.31. The Bertz CT molecular complexity index is 2170. The predicted octanol–water partition coefficient (Wildman–Crippen LogP) is 12.6. The molecule has 11 heteroatoms. The van der Waals surface area contributed by atoms with Gasteiger partial charge in [-0.1, -0.05) is 178 Å². The second kappa shape index (κ2) is 40.4. The van der Waals surface area contributed by atoms with Crippen LogP contribution in [-0.2, 0) is 59.2 Å². The van der Waals surface area contributed by atoms with Gasteiger partial charge in [-0.25, -0.2) is 0 Å². The first kappa shape index (κ1) is 64.4. The van der Waals surface area contributed by atoms with Crippen LogP contribution in [0.3, 0.4) is 0 Å². The standard InChI is InChI=1S/C16H25OS.C13H17OS.C12H15O2S.C12H17OS.C10H13OS/c1-3-5-12-18(13-6-4-2)14-16(17)15-10-8-7-9-11-15;14-13(12-7-3-1-4-8-12)11-15-9-5-2-6-10-15;13-12(11-4-2-1-3-5-11)10-15-8-6-14-7-9-15;1-3-14(4-2)10-12(13)11-8-6-5-7-9-11;1-12(2)8-10(11)9-6-4-3-5-7-9/h7-11H,3-6,12-14H2,1-2H3;1,3-4,7-8H,2,5-6,9-11H2;1-5H,6-10H2;5-9H,3-4,10H2,1-2H3;3-7H,8H2,1-2H3/q5*+1. The van der Waals surface area contributed by atoms with E-state index in [0.29, 0.717) is 44.9 Å². The van der Waals surface area contributed by atoms with E-state index in [9.17, 15) is 24.0 Å². The van der Waals surface area contributed by atoms with Crippen LogP contribution in [0.15, 0.2) is 152 Å². The third-order valence-electron chi connectivity index (χ3n) is 12.0. The minimum atomic E-state index is 0.204. The van der Waals surface area contributed by atoms with Crippen LogP contribution in [0, 0.1) is 0 Å². The maximum Gasteiger partial charge on any atom is 0.211 e. The topological polar surface area (TPSA) is 94.6 Å². The van der Waals surface area contributed by atoms with Gasteiger partial charge >= 0.3 is 0 Å². The molecule has 7 rings (SSSR count). The monoisotopic (exact) mass is 1100 g/mol. The van der Waals surface area contributed by atoms with Gasteiger partial charge in [0.1, 0.15) is 46.0 Å². The van der Waals surface area contributed by atoms with Crippen LogP contribution in [-0.4, -0.2) is 129 Å². The smallest absolute Gasteiger partial charge is 0.211 e. The van der Waals surface area contributed by atoms with Crippen LogP contribution in [0.5, 0.6) is 0 Å². The summed E-state index contributed by atoms with van der Waals surface area (Å²) in [6.07, 6.45) is 13.2. The molecule has 6 nitrogen and oxygen atoms in total. The van der Waals surface area contributed by atoms with Crippen molar-refractivity contribution >= 4 is 83.4 Å². The molecule has 74 heavy (non-hydrogen) atoms. The highest BCUT2D eigenvalue weighted by atomic mass is 32.2. The van der Waals surface area contributed by atoms with E-state index < -0.39 is 0 Å². The average Bonchev–Trinajstić information content (AvgIpc) is 3.45. The minimum absolute atomic E-state index is 0.204. The van der Waals surface area contributed by atoms with Crippen molar-refractivity contribution in [2.75, 3.05) is 101 Å². The van der Waals surface area contributed by atoms with E-state index in [1.54, 1.807) is 0 Å². The van der Waals surface area contributed by atoms with E-state index in [1.165, 1.54) is 68.0 Å². The maximum absolute atomic E-state index is 12.2. The molecule has 0 N–H and O–H groups in total. The molecule has 0 unspecified atom stereocenters. The van der Waals surface area contributed by atoms with E-state index in [4.69, 9.17) is 4.74 Å². The molecule has 5 aromatic carbocycles. The largest absolute Gasteiger partial charge is 0.372 e. The Hall–Kier alpha value is -3.84. The minimum Gasteiger partial charge on any atom is -0.372 e. The summed E-state index contributed by atoms with van der Waals surface area (Å²) in [5, 5.41) is 0. The number of carbonyl (C=O) groups is 5. The highest BCUT2D eigenvalue weighted by molar-refractivity contribution is 7.98. The first-order chi connectivity index (χ1) is 36.0. The van der Waals surface area contributed by atoms with Gasteiger partial charge in [0.15, 0.2) is 28.8 Å². The molecule has 2 saturated heterocycles. The number of ketones is 5. The van der Waals surface area contributed by atoms with E-state index >= 15 is 0 Å². The molecule has 0 saturated carbocycles. The van der Waals surface area contributed by atoms with E-state index in [1.807, 2.05) is 152 Å². The van der Waals surface area contributed by atoms with Crippen LogP contribution in [0.4, 0.5) is 0 Å². The fourth-order valence-corrected chi connectivity index (χ4v) is 16.1. The molecule has 0 bridgehead atoms. The predicted molar refractivity (Wildman–Crippen MR) is 332 cm³/mol. The number of ether oxygens (including phenoxy) is 1. The summed E-state index contributed by atoms with van der Waals surface area (Å²) in [7, 11) is 1.41. The van der Waals surface area contributed by atoms with Crippen molar-refractivity contribution in [3.63, 3.8) is 0 Å². The van der Waals surface area contributed by atoms with Crippen molar-refractivity contribution in [2.45, 2.75) is 72.6 Å². The van der Waals surface area contributed by atoms with Crippen molar-refractivity contribution in [1.82, 2.24) is 0 Å². The Kier molecular flexibility index (Phi) is 35.2. The highest BCUT2D eigenvalue weighted by Crippen LogP contribution is 2.16. The van der Waals surface area contributed by atoms with Gasteiger partial charge in [0, 0.05) is 38.7 Å². The number of Topliss-reactive ketones (excluding diaryl/α,β-unsaturated/α-hetero) is 5. The van der Waals surface area contributed by atoms with Crippen LogP contribution in [0.1, 0.15) is 124 Å². The van der Waals surface area contributed by atoms with Gasteiger partial charge in [0.05, 0.1) is 25.7 Å². The first-order valence-corrected chi connectivity index (χ1v) is 35.7. The Morgan fingerprint density at radius 3 is 1.04 bits per heavy atom. The lowest BCUT2D eigenvalue weighted by molar-refractivity contribution is 0.101. The third-order valence-corrected chi connectivity index (χ3v) is 22.1. The zero-order chi connectivity index (χ0) is 53.6. The SMILES string of the molecule is CCCC[S+](CCCC)CC(=O)c1ccccc1.CC[S+](CC)CC(=O)c1ccccc1.C[S+](C)CC(=O)c1ccccc1.O=C(C[S+]1CCCCC1)c1ccccc1.O=C(C[S+]1CCOCC1)c1ccccc1. The number of benzene rings is 5. The van der Waals surface area contributed by atoms with E-state index in [-0.39, 0.29) is 50.0 Å². The Morgan fingerprint density at radius 1 is 0.405 bits per heavy atom. The molecule has 0 amide bonds. The molecule has 0 radical (unpaired) electrons. The van der Waals surface area contributed by atoms with E-state index in [0.717, 1.165) is 81.3 Å². The molecule has 0 spiro atoms. The summed E-state index contributed by atoms with van der Waals surface area (Å²) in [4.78, 5) is 59.2. The average molecular weight is 1100 g/mol. The van der Waals surface area contributed by atoms with Gasteiger partial charge in [-0.3, -0.25) is 24.0 Å². The van der Waals surface area contributed by atoms with Crippen LogP contribution in [0.25, 0.3) is 0 Å². The zero-order valence-corrected chi connectivity index (χ0v) is 49.6. The molecule has 0 aromatic heterocycles. The van der Waals surface area contributed by atoms with Crippen LogP contribution >= 0.6 is 0 Å². The lowest BCUT2D eigenvalue weighted by atomic mass is 10.2. The summed E-state index contributed by atoms with van der Waals surface area (Å²) in [5.41, 5.74) is 4.29. The molecule has 2 aliphatic rings. The highest BCUT2D eigenvalue weighted by Gasteiger charge is 2.27. The van der Waals surface area contributed by atoms with Crippen molar-refractivity contribution < 1.29 is 28.7 Å². The van der Waals surface area contributed by atoms with Crippen molar-refractivity contribution in [1.29, 1.82) is 0 Å². The van der Waals surface area contributed by atoms with E-state index in [2.05, 4.69) is 40.2 Å². The van der Waals surface area contributed by atoms with Crippen LogP contribution < -0.4 is 0 Å². The number of rotatable bonds is 23. The quantitative estimate of drug-likeness (QED) is 0.0478. The molecule has 2 fully saturated rings. The van der Waals surface area contributed by atoms with Gasteiger partial charge in [-0.2, -0.15) is 0 Å². The lowest BCUT2D eigenvalue weighted by Gasteiger charge is -2.13. The number of hydrogen-bond acceptors (Lipinski definition) is 6. The van der Waals surface area contributed by atoms with Gasteiger partial charge in [-0.05, 0) is 89.5 Å². The Labute approximate surface area is 461 Å². The van der Waals surface area contributed by atoms with Crippen molar-refractivity contribution in [3.05, 3.63) is 179 Å². The van der Waals surface area contributed by atoms with Gasteiger partial charge in [0.25, 0.3) is 0 Å². The third kappa shape index (κ3) is 28.3. The maximum atomic E-state index is 12.2. The fraction of sp³-hybridized carbons (Fsp3) is 0.444.